The molecule has 0 spiro atoms. The van der Waals surface area contributed by atoms with Crippen LogP contribution in [0.15, 0.2) is 116 Å². The van der Waals surface area contributed by atoms with Crippen LogP contribution in [0, 0.1) is 0 Å². The van der Waals surface area contributed by atoms with Crippen LogP contribution in [0.3, 0.4) is 0 Å². The van der Waals surface area contributed by atoms with Crippen molar-refractivity contribution in [3.05, 3.63) is 60.7 Å². The fourth-order valence-corrected chi connectivity index (χ4v) is 8.06. The first-order valence-electron chi connectivity index (χ1n) is 17.3. The number of aliphatic hydroxyl groups excluding tert-OH is 2. The molecule has 0 aliphatic carbocycles. The number of hydrogen-bond donors (Lipinski definition) is 10. The van der Waals surface area contributed by atoms with Gasteiger partial charge in [-0.3, -0.25) is 23.4 Å². The Balaban J connectivity index is 1.75. The van der Waals surface area contributed by atoms with Crippen molar-refractivity contribution in [3.8, 4) is 23.0 Å². The zero-order valence-electron chi connectivity index (χ0n) is 32.5. The molecule has 0 unspecified atom stereocenters. The third-order valence-electron chi connectivity index (χ3n) is 8.07. The number of aromatic hydroxyl groups is 2. The van der Waals surface area contributed by atoms with Gasteiger partial charge in [-0.2, -0.15) is 33.7 Å². The molecule has 0 aromatic heterocycles. The van der Waals surface area contributed by atoms with E-state index in [-0.39, 0.29) is 28.6 Å². The van der Waals surface area contributed by atoms with Crippen LogP contribution in [0.25, 0.3) is 10.8 Å². The first-order valence-corrected chi connectivity index (χ1v) is 23.0. The van der Waals surface area contributed by atoms with Gasteiger partial charge in [-0.05, 0) is 53.9 Å². The van der Waals surface area contributed by atoms with E-state index < -0.39 is 137 Å². The van der Waals surface area contributed by atoms with Crippen LogP contribution in [0.2, 0.25) is 0 Å². The second-order valence-electron chi connectivity index (χ2n) is 12.6. The summed E-state index contributed by atoms with van der Waals surface area (Å²) in [5.41, 5.74) is 1.13. The summed E-state index contributed by atoms with van der Waals surface area (Å²) in [6.07, 6.45) is 0. The molecule has 0 heterocycles. The highest BCUT2D eigenvalue weighted by Crippen LogP contribution is 2.51. The minimum atomic E-state index is -5.47. The van der Waals surface area contributed by atoms with E-state index in [9.17, 15) is 77.5 Å². The first-order chi connectivity index (χ1) is 30.2. The van der Waals surface area contributed by atoms with Crippen LogP contribution >= 0.6 is 0 Å². The predicted molar refractivity (Wildman–Crippen MR) is 218 cm³/mol. The van der Waals surface area contributed by atoms with Crippen molar-refractivity contribution in [2.24, 2.45) is 35.8 Å². The summed E-state index contributed by atoms with van der Waals surface area (Å²) in [4.78, 5) is -4.04. The zero-order valence-corrected chi connectivity index (χ0v) is 35.8. The van der Waals surface area contributed by atoms with E-state index in [0.717, 1.165) is 43.4 Å². The normalized spacial score (nSPS) is 13.1. The highest BCUT2D eigenvalue weighted by molar-refractivity contribution is 7.86. The van der Waals surface area contributed by atoms with Crippen LogP contribution in [-0.4, -0.2) is 116 Å². The molecule has 0 saturated carbocycles. The van der Waals surface area contributed by atoms with E-state index in [4.69, 9.17) is 15.2 Å². The molecule has 0 aliphatic heterocycles. The van der Waals surface area contributed by atoms with Crippen LogP contribution < -0.4 is 15.2 Å². The Bertz CT molecular complexity index is 3310. The van der Waals surface area contributed by atoms with Gasteiger partial charge in [-0.1, -0.05) is 0 Å². The number of phenolic OH excluding ortho intramolecular Hbond substituents is 2. The Kier molecular flexibility index (Phi) is 14.4. The Morgan fingerprint density at radius 1 is 0.554 bits per heavy atom. The number of hydrogen-bond acceptors (Lipinski definition) is 22. The maximum atomic E-state index is 12.7. The summed E-state index contributed by atoms with van der Waals surface area (Å²) in [6.45, 7) is -2.07. The SMILES string of the molecule is C[N+](O)=Nc1ccc(N=Nc2c(S(=O)(=O)O)cc3cc(S(=O)(=O)O)c(N=Nc4cc(OCCO)c(N=Nc5ccc(N)cc5S(=O)(=O)O)cc4OCCO)c(O)c3c2O)c(S(=O)(=O)O)c1. The van der Waals surface area contributed by atoms with Gasteiger partial charge in [0.2, 0.25) is 7.05 Å². The summed E-state index contributed by atoms with van der Waals surface area (Å²) in [6, 6.07) is 8.88. The van der Waals surface area contributed by atoms with Crippen LogP contribution in [0.5, 0.6) is 23.0 Å². The average Bonchev–Trinajstić information content (AvgIpc) is 3.19. The highest BCUT2D eigenvalue weighted by atomic mass is 32.2. The fraction of sp³-hybridized carbons (Fsp3) is 0.152. The third-order valence-corrected chi connectivity index (χ3v) is 11.6. The Labute approximate surface area is 365 Å². The number of aliphatic hydroxyl groups is 2. The molecule has 0 saturated heterocycles. The van der Waals surface area contributed by atoms with Crippen molar-refractivity contribution in [1.82, 2.24) is 0 Å². The van der Waals surface area contributed by atoms with Gasteiger partial charge in [0.05, 0.1) is 23.5 Å². The second kappa shape index (κ2) is 19.1. The number of fused-ring (bicyclic) bond motifs is 1. The molecule has 0 aliphatic rings. The number of hydroxylamine groups is 1. The van der Waals surface area contributed by atoms with E-state index in [1.165, 1.54) is 6.07 Å². The van der Waals surface area contributed by atoms with Gasteiger partial charge >= 0.3 is 0 Å². The Morgan fingerprint density at radius 3 is 1.38 bits per heavy atom. The number of benzene rings is 5. The number of nitrogen functional groups attached to an aromatic ring is 1. The first kappa shape index (κ1) is 49.1. The number of nitrogens with two attached hydrogens (primary N) is 1. The summed E-state index contributed by atoms with van der Waals surface area (Å²) >= 11 is 0. The number of nitrogens with zero attached hydrogens (tertiary/aromatic N) is 8. The number of anilines is 1. The maximum absolute atomic E-state index is 12.7. The van der Waals surface area contributed by atoms with Crippen molar-refractivity contribution in [1.29, 1.82) is 0 Å². The summed E-state index contributed by atoms with van der Waals surface area (Å²) < 4.78 is 149. The molecule has 0 atom stereocenters. The molecule has 11 N–H and O–H groups in total. The molecule has 0 radical (unpaired) electrons. The third kappa shape index (κ3) is 11.6. The van der Waals surface area contributed by atoms with Gasteiger partial charge in [-0.25, -0.2) is 0 Å². The van der Waals surface area contributed by atoms with E-state index in [2.05, 4.69) is 35.8 Å². The molecule has 0 amide bonds. The molecular formula is C33H32N9O19S4+. The van der Waals surface area contributed by atoms with Gasteiger partial charge in [0.15, 0.2) is 11.5 Å². The van der Waals surface area contributed by atoms with Crippen LogP contribution in [0.4, 0.5) is 45.5 Å². The van der Waals surface area contributed by atoms with E-state index in [1.807, 2.05) is 0 Å². The Hall–Kier alpha value is -6.88. The van der Waals surface area contributed by atoms with Gasteiger partial charge in [0.25, 0.3) is 40.5 Å². The summed E-state index contributed by atoms with van der Waals surface area (Å²) in [7, 11) is -19.9. The molecule has 28 nitrogen and oxygen atoms in total. The molecule has 32 heteroatoms. The molecule has 5 aromatic carbocycles. The highest BCUT2D eigenvalue weighted by Gasteiger charge is 2.29. The van der Waals surface area contributed by atoms with Crippen LogP contribution in [-0.2, 0) is 40.5 Å². The largest absolute Gasteiger partial charge is 0.505 e. The quantitative estimate of drug-likeness (QED) is 0.0194. The molecule has 0 fully saturated rings. The van der Waals surface area contributed by atoms with E-state index >= 15 is 0 Å². The maximum Gasteiger partial charge on any atom is 0.296 e. The lowest BCUT2D eigenvalue weighted by atomic mass is 10.1. The van der Waals surface area contributed by atoms with Crippen molar-refractivity contribution in [2.75, 3.05) is 39.2 Å². The minimum absolute atomic E-state index is 0.0587. The lowest BCUT2D eigenvalue weighted by Gasteiger charge is -2.14. The smallest absolute Gasteiger partial charge is 0.296 e. The molecular weight excluding hydrogens is 955 g/mol. The molecule has 5 aromatic rings. The number of phenols is 2. The molecule has 346 valence electrons. The lowest BCUT2D eigenvalue weighted by Crippen LogP contribution is -2.04. The van der Waals surface area contributed by atoms with Gasteiger partial charge in [-0.15, -0.1) is 30.7 Å². The van der Waals surface area contributed by atoms with E-state index in [0.29, 0.717) is 23.1 Å². The standard InChI is InChI=1S/C33H31N9O19S4/c1-42(47)41-18-3-5-20(26(13-18)63(51,52)53)36-39-30-27(64(54,55)56)10-16-11-28(65(57,58)59)31(33(46)29(16)32(30)45)40-38-22-15-23(60-8-6-43)21(14-24(22)61-9-7-44)37-35-19-4-2-17(34)12-25(19)62(48,49)50/h2-5,10-15,43-44,47H,6-9H2,1H3,(H7,34,35,36,37,38,39,40,41,45,46,48,49,50,51,52,53,54,55,56,57,58,59)/p+1. The minimum Gasteiger partial charge on any atom is -0.505 e. The van der Waals surface area contributed by atoms with Gasteiger partial charge < -0.3 is 35.6 Å². The van der Waals surface area contributed by atoms with Gasteiger partial charge in [0, 0.05) is 22.9 Å². The van der Waals surface area contributed by atoms with Crippen LogP contribution in [0.1, 0.15) is 0 Å². The fourth-order valence-electron chi connectivity index (χ4n) is 5.44. The van der Waals surface area contributed by atoms with E-state index in [1.54, 1.807) is 0 Å². The van der Waals surface area contributed by atoms with Crippen molar-refractivity contribution in [3.63, 3.8) is 0 Å². The summed E-state index contributed by atoms with van der Waals surface area (Å²) in [5.74, 6) is -3.39. The van der Waals surface area contributed by atoms with Gasteiger partial charge in [0.1, 0.15) is 84.1 Å². The Morgan fingerprint density at radius 2 is 0.954 bits per heavy atom. The summed E-state index contributed by atoms with van der Waals surface area (Å²) in [5, 5.41) is 75.6. The monoisotopic (exact) mass is 986 g/mol. The average molecular weight is 987 g/mol. The lowest BCUT2D eigenvalue weighted by molar-refractivity contribution is -0.802. The van der Waals surface area contributed by atoms with Crippen molar-refractivity contribution >= 4 is 96.7 Å². The second-order valence-corrected chi connectivity index (χ2v) is 18.2. The van der Waals surface area contributed by atoms with Crippen molar-refractivity contribution < 1.29 is 91.8 Å². The molecule has 5 rings (SSSR count). The zero-order chi connectivity index (χ0) is 48.2. The number of azo groups is 4. The molecule has 65 heavy (non-hydrogen) atoms. The predicted octanol–water partition coefficient (Wildman–Crippen LogP) is 4.92. The topological polar surface area (TPSA) is 453 Å². The number of rotatable bonds is 17. The van der Waals surface area contributed by atoms with Crippen molar-refractivity contribution in [2.45, 2.75) is 19.6 Å². The number of ether oxygens (including phenoxy) is 2. The molecule has 0 bridgehead atoms.